The number of hydrogen-bond acceptors (Lipinski definition) is 4. The summed E-state index contributed by atoms with van der Waals surface area (Å²) in [6.07, 6.45) is 0. The fraction of sp³-hybridized carbons (Fsp3) is 0.250. The molecule has 0 aromatic heterocycles. The zero-order chi connectivity index (χ0) is 13.6. The predicted molar refractivity (Wildman–Crippen MR) is 66.4 cm³/mol. The lowest BCUT2D eigenvalue weighted by Gasteiger charge is -2.08. The van der Waals surface area contributed by atoms with Crippen molar-refractivity contribution in [1.82, 2.24) is 4.72 Å². The second kappa shape index (κ2) is 6.19. The van der Waals surface area contributed by atoms with Gasteiger partial charge in [-0.2, -0.15) is 4.72 Å². The van der Waals surface area contributed by atoms with Gasteiger partial charge in [-0.25, -0.2) is 13.2 Å². The van der Waals surface area contributed by atoms with Crippen LogP contribution in [0.2, 0.25) is 0 Å². The summed E-state index contributed by atoms with van der Waals surface area (Å²) in [5.74, 6) is 4.46. The zero-order valence-corrected chi connectivity index (χ0v) is 10.9. The highest BCUT2D eigenvalue weighted by Crippen LogP contribution is 2.15. The molecule has 0 radical (unpaired) electrons. The van der Waals surface area contributed by atoms with Crippen molar-refractivity contribution in [1.29, 1.82) is 0 Å². The van der Waals surface area contributed by atoms with E-state index in [2.05, 4.69) is 21.3 Å². The van der Waals surface area contributed by atoms with Crippen molar-refractivity contribution in [2.24, 2.45) is 0 Å². The molecule has 0 unspecified atom stereocenters. The number of benzene rings is 1. The lowest BCUT2D eigenvalue weighted by atomic mass is 10.2. The van der Waals surface area contributed by atoms with Gasteiger partial charge in [-0.05, 0) is 19.1 Å². The monoisotopic (exact) mass is 267 g/mol. The van der Waals surface area contributed by atoms with Crippen LogP contribution in [0.4, 0.5) is 0 Å². The molecule has 0 heterocycles. The number of carbonyl (C=O) groups is 1. The lowest BCUT2D eigenvalue weighted by molar-refractivity contribution is 0.0596. The quantitative estimate of drug-likeness (QED) is 0.646. The molecule has 1 rings (SSSR count). The summed E-state index contributed by atoms with van der Waals surface area (Å²) in [5, 5.41) is 0. The third-order valence-electron chi connectivity index (χ3n) is 2.11. The first-order chi connectivity index (χ1) is 8.53. The van der Waals surface area contributed by atoms with E-state index in [1.807, 2.05) is 0 Å². The Morgan fingerprint density at radius 3 is 2.67 bits per heavy atom. The molecular weight excluding hydrogens is 254 g/mol. The van der Waals surface area contributed by atoms with E-state index in [1.54, 1.807) is 13.0 Å². The third-order valence-corrected chi connectivity index (χ3v) is 3.57. The van der Waals surface area contributed by atoms with Crippen LogP contribution in [0.1, 0.15) is 17.3 Å². The molecule has 1 N–H and O–H groups in total. The van der Waals surface area contributed by atoms with Gasteiger partial charge in [0.15, 0.2) is 0 Å². The molecule has 0 saturated heterocycles. The molecule has 1 aromatic carbocycles. The largest absolute Gasteiger partial charge is 0.465 e. The Bertz CT molecular complexity index is 596. The number of sulfonamides is 1. The van der Waals surface area contributed by atoms with Crippen LogP contribution in [0.3, 0.4) is 0 Å². The molecule has 0 saturated carbocycles. The molecule has 18 heavy (non-hydrogen) atoms. The van der Waals surface area contributed by atoms with E-state index in [9.17, 15) is 13.2 Å². The van der Waals surface area contributed by atoms with Crippen molar-refractivity contribution in [2.45, 2.75) is 11.8 Å². The van der Waals surface area contributed by atoms with Crippen molar-refractivity contribution in [3.8, 4) is 11.8 Å². The van der Waals surface area contributed by atoms with Crippen molar-refractivity contribution in [3.63, 3.8) is 0 Å². The molecule has 5 nitrogen and oxygen atoms in total. The van der Waals surface area contributed by atoms with Crippen molar-refractivity contribution in [3.05, 3.63) is 29.8 Å². The van der Waals surface area contributed by atoms with Crippen LogP contribution in [0.25, 0.3) is 0 Å². The number of esters is 1. The molecule has 0 aliphatic rings. The Hall–Kier alpha value is -1.84. The Kier molecular flexibility index (Phi) is 4.89. The highest BCUT2D eigenvalue weighted by molar-refractivity contribution is 7.89. The van der Waals surface area contributed by atoms with Gasteiger partial charge in [-0.1, -0.05) is 18.1 Å². The Balaban J connectivity index is 3.15. The van der Waals surface area contributed by atoms with Gasteiger partial charge in [0.1, 0.15) is 0 Å². The number of nitrogens with one attached hydrogen (secondary N) is 1. The number of hydrogen-bond donors (Lipinski definition) is 1. The zero-order valence-electron chi connectivity index (χ0n) is 10.1. The smallest absolute Gasteiger partial charge is 0.339 e. The summed E-state index contributed by atoms with van der Waals surface area (Å²) in [6.45, 7) is 1.60. The molecular formula is C12H13NO4S. The second-order valence-corrected chi connectivity index (χ2v) is 4.97. The van der Waals surface area contributed by atoms with Gasteiger partial charge in [0.05, 0.1) is 24.1 Å². The number of carbonyl (C=O) groups excluding carboxylic acids is 1. The van der Waals surface area contributed by atoms with E-state index in [1.165, 1.54) is 25.3 Å². The summed E-state index contributed by atoms with van der Waals surface area (Å²) in [4.78, 5) is 11.4. The van der Waals surface area contributed by atoms with Crippen LogP contribution in [-0.4, -0.2) is 28.0 Å². The summed E-state index contributed by atoms with van der Waals surface area (Å²) >= 11 is 0. The van der Waals surface area contributed by atoms with E-state index >= 15 is 0 Å². The van der Waals surface area contributed by atoms with Crippen LogP contribution in [-0.2, 0) is 14.8 Å². The third kappa shape index (κ3) is 3.32. The van der Waals surface area contributed by atoms with Crippen LogP contribution >= 0.6 is 0 Å². The average Bonchev–Trinajstić information content (AvgIpc) is 2.38. The molecule has 0 bridgehead atoms. The first kappa shape index (κ1) is 14.2. The lowest BCUT2D eigenvalue weighted by Crippen LogP contribution is -2.26. The maximum absolute atomic E-state index is 12.0. The van der Waals surface area contributed by atoms with Crippen LogP contribution in [0, 0.1) is 11.8 Å². The Labute approximate surface area is 106 Å². The molecule has 6 heteroatoms. The fourth-order valence-corrected chi connectivity index (χ4v) is 2.39. The molecule has 0 aliphatic carbocycles. The van der Waals surface area contributed by atoms with Gasteiger partial charge in [0.2, 0.25) is 10.0 Å². The fourth-order valence-electron chi connectivity index (χ4n) is 1.28. The molecule has 1 aromatic rings. The minimum Gasteiger partial charge on any atom is -0.465 e. The maximum atomic E-state index is 12.0. The van der Waals surface area contributed by atoms with E-state index in [0.717, 1.165) is 0 Å². The molecule has 0 spiro atoms. The summed E-state index contributed by atoms with van der Waals surface area (Å²) in [5.41, 5.74) is -0.00282. The van der Waals surface area contributed by atoms with Crippen LogP contribution in [0.5, 0.6) is 0 Å². The van der Waals surface area contributed by atoms with Gasteiger partial charge in [0, 0.05) is 0 Å². The SMILES string of the molecule is CC#CCNS(=O)(=O)c1ccccc1C(=O)OC. The van der Waals surface area contributed by atoms with Crippen molar-refractivity contribution in [2.75, 3.05) is 13.7 Å². The summed E-state index contributed by atoms with van der Waals surface area (Å²) in [7, 11) is -2.58. The van der Waals surface area contributed by atoms with Gasteiger partial charge in [-0.15, -0.1) is 5.92 Å². The molecule has 0 fully saturated rings. The topological polar surface area (TPSA) is 72.5 Å². The number of rotatable bonds is 4. The average molecular weight is 267 g/mol. The molecule has 0 amide bonds. The number of ether oxygens (including phenoxy) is 1. The predicted octanol–water partition coefficient (Wildman–Crippen LogP) is 0.775. The van der Waals surface area contributed by atoms with E-state index in [0.29, 0.717) is 0 Å². The molecule has 0 atom stereocenters. The maximum Gasteiger partial charge on any atom is 0.339 e. The molecule has 96 valence electrons. The van der Waals surface area contributed by atoms with Gasteiger partial charge >= 0.3 is 5.97 Å². The Morgan fingerprint density at radius 1 is 1.39 bits per heavy atom. The highest BCUT2D eigenvalue weighted by Gasteiger charge is 2.21. The minimum absolute atomic E-state index is 0.00282. The minimum atomic E-state index is -3.77. The van der Waals surface area contributed by atoms with Crippen LogP contribution < -0.4 is 4.72 Å². The van der Waals surface area contributed by atoms with Gasteiger partial charge in [-0.3, -0.25) is 0 Å². The van der Waals surface area contributed by atoms with E-state index < -0.39 is 16.0 Å². The van der Waals surface area contributed by atoms with Crippen LogP contribution in [0.15, 0.2) is 29.2 Å². The van der Waals surface area contributed by atoms with Crippen molar-refractivity contribution < 1.29 is 17.9 Å². The number of methoxy groups -OCH3 is 1. The first-order valence-electron chi connectivity index (χ1n) is 5.09. The summed E-state index contributed by atoms with van der Waals surface area (Å²) < 4.78 is 30.7. The van der Waals surface area contributed by atoms with E-state index in [4.69, 9.17) is 0 Å². The van der Waals surface area contributed by atoms with Gasteiger partial charge in [0.25, 0.3) is 0 Å². The van der Waals surface area contributed by atoms with Crippen molar-refractivity contribution >= 4 is 16.0 Å². The first-order valence-corrected chi connectivity index (χ1v) is 6.58. The molecule has 0 aliphatic heterocycles. The normalized spacial score (nSPS) is 10.3. The second-order valence-electron chi connectivity index (χ2n) is 3.24. The highest BCUT2D eigenvalue weighted by atomic mass is 32.2. The standard InChI is InChI=1S/C12H13NO4S/c1-3-4-9-13-18(15,16)11-8-6-5-7-10(11)12(14)17-2/h5-8,13H,9H2,1-2H3. The van der Waals surface area contributed by atoms with E-state index in [-0.39, 0.29) is 17.0 Å². The van der Waals surface area contributed by atoms with Gasteiger partial charge < -0.3 is 4.74 Å². The Morgan fingerprint density at radius 2 is 2.06 bits per heavy atom. The summed E-state index contributed by atoms with van der Waals surface area (Å²) in [6, 6.07) is 5.84.